The Balaban J connectivity index is 2.38. The molecular weight excluding hydrogens is 298 g/mol. The first-order valence-corrected chi connectivity index (χ1v) is 5.70. The molecule has 0 radical (unpaired) electrons. The van der Waals surface area contributed by atoms with Gasteiger partial charge >= 0.3 is 6.18 Å². The fourth-order valence-corrected chi connectivity index (χ4v) is 1.62. The van der Waals surface area contributed by atoms with Gasteiger partial charge in [0.2, 0.25) is 0 Å². The van der Waals surface area contributed by atoms with Gasteiger partial charge in [0.05, 0.1) is 23.3 Å². The van der Waals surface area contributed by atoms with Crippen molar-refractivity contribution in [1.29, 1.82) is 0 Å². The van der Waals surface area contributed by atoms with E-state index in [4.69, 9.17) is 17.3 Å². The van der Waals surface area contributed by atoms with E-state index in [0.717, 1.165) is 12.3 Å². The third-order valence-electron chi connectivity index (χ3n) is 2.43. The van der Waals surface area contributed by atoms with Crippen LogP contribution in [0.1, 0.15) is 5.69 Å². The molecule has 0 amide bonds. The van der Waals surface area contributed by atoms with Crippen molar-refractivity contribution >= 4 is 28.7 Å². The van der Waals surface area contributed by atoms with Crippen molar-refractivity contribution < 1.29 is 17.6 Å². The van der Waals surface area contributed by atoms with Gasteiger partial charge in [0.25, 0.3) is 0 Å². The molecule has 0 aliphatic heterocycles. The summed E-state index contributed by atoms with van der Waals surface area (Å²) in [6.45, 7) is 0. The lowest BCUT2D eigenvalue weighted by molar-refractivity contribution is -0.141. The number of hydrogen-bond acceptors (Lipinski definition) is 3. The summed E-state index contributed by atoms with van der Waals surface area (Å²) in [7, 11) is 0. The summed E-state index contributed by atoms with van der Waals surface area (Å²) < 4.78 is 51.2. The molecule has 0 saturated carbocycles. The third-order valence-corrected chi connectivity index (χ3v) is 2.66. The number of halogens is 5. The van der Waals surface area contributed by atoms with Gasteiger partial charge < -0.3 is 11.1 Å². The Morgan fingerprint density at radius 3 is 2.45 bits per heavy atom. The summed E-state index contributed by atoms with van der Waals surface area (Å²) in [6, 6.07) is 4.44. The van der Waals surface area contributed by atoms with Crippen LogP contribution in [0.15, 0.2) is 30.5 Å². The highest BCUT2D eigenvalue weighted by molar-refractivity contribution is 6.30. The van der Waals surface area contributed by atoms with Crippen LogP contribution in [-0.4, -0.2) is 4.98 Å². The van der Waals surface area contributed by atoms with Crippen LogP contribution in [-0.2, 0) is 6.18 Å². The molecule has 0 saturated heterocycles. The lowest BCUT2D eigenvalue weighted by atomic mass is 10.2. The zero-order valence-corrected chi connectivity index (χ0v) is 10.6. The van der Waals surface area contributed by atoms with Crippen molar-refractivity contribution in [3.63, 3.8) is 0 Å². The Labute approximate surface area is 116 Å². The molecule has 1 aromatic carbocycles. The minimum Gasteiger partial charge on any atom is -0.396 e. The van der Waals surface area contributed by atoms with E-state index >= 15 is 0 Å². The van der Waals surface area contributed by atoms with Gasteiger partial charge in [0, 0.05) is 5.02 Å². The minimum atomic E-state index is -4.61. The Hall–Kier alpha value is -2.02. The van der Waals surface area contributed by atoms with Gasteiger partial charge in [-0.05, 0) is 24.3 Å². The Morgan fingerprint density at radius 2 is 1.85 bits per heavy atom. The number of nitrogens with two attached hydrogens (primary N) is 1. The summed E-state index contributed by atoms with van der Waals surface area (Å²) >= 11 is 5.59. The number of anilines is 3. The Morgan fingerprint density at radius 1 is 1.15 bits per heavy atom. The molecule has 0 atom stereocenters. The van der Waals surface area contributed by atoms with E-state index in [2.05, 4.69) is 10.3 Å². The predicted molar refractivity (Wildman–Crippen MR) is 68.3 cm³/mol. The molecule has 0 aliphatic carbocycles. The first-order chi connectivity index (χ1) is 9.27. The van der Waals surface area contributed by atoms with E-state index in [-0.39, 0.29) is 22.1 Å². The van der Waals surface area contributed by atoms with Crippen molar-refractivity contribution in [3.8, 4) is 0 Å². The molecule has 0 spiro atoms. The summed E-state index contributed by atoms with van der Waals surface area (Å²) in [4.78, 5) is 3.18. The lowest BCUT2D eigenvalue weighted by Gasteiger charge is -2.13. The van der Waals surface area contributed by atoms with E-state index < -0.39 is 17.7 Å². The maximum Gasteiger partial charge on any atom is 0.433 e. The van der Waals surface area contributed by atoms with Gasteiger partial charge in [0.15, 0.2) is 0 Å². The summed E-state index contributed by atoms with van der Waals surface area (Å²) in [5.74, 6) is -0.706. The molecule has 3 nitrogen and oxygen atoms in total. The number of nitrogens with zero attached hydrogens (tertiary/aromatic N) is 1. The number of hydrogen-bond donors (Lipinski definition) is 2. The minimum absolute atomic E-state index is 0.0349. The van der Waals surface area contributed by atoms with Crippen LogP contribution in [0.3, 0.4) is 0 Å². The van der Waals surface area contributed by atoms with Crippen LogP contribution in [0.25, 0.3) is 0 Å². The van der Waals surface area contributed by atoms with Crippen molar-refractivity contribution in [2.24, 2.45) is 0 Å². The molecule has 2 rings (SSSR count). The van der Waals surface area contributed by atoms with E-state index in [0.29, 0.717) is 6.07 Å². The first-order valence-electron chi connectivity index (χ1n) is 5.32. The van der Waals surface area contributed by atoms with Gasteiger partial charge in [-0.2, -0.15) is 13.2 Å². The number of alkyl halides is 3. The molecule has 0 fully saturated rings. The number of nitrogen functional groups attached to an aromatic ring is 1. The third kappa shape index (κ3) is 3.11. The Kier molecular flexibility index (Phi) is 3.71. The molecule has 8 heteroatoms. The highest BCUT2D eigenvalue weighted by Gasteiger charge is 2.33. The maximum atomic E-state index is 13.6. The second kappa shape index (κ2) is 5.16. The molecule has 0 bridgehead atoms. The number of nitrogens with one attached hydrogen (secondary N) is 1. The van der Waals surface area contributed by atoms with Crippen molar-refractivity contribution in [3.05, 3.63) is 47.0 Å². The van der Waals surface area contributed by atoms with Crippen molar-refractivity contribution in [1.82, 2.24) is 4.98 Å². The molecule has 1 heterocycles. The zero-order chi connectivity index (χ0) is 14.9. The predicted octanol–water partition coefficient (Wildman–Crippen LogP) is 4.22. The summed E-state index contributed by atoms with van der Waals surface area (Å²) in [6.07, 6.45) is -3.75. The first kappa shape index (κ1) is 14.4. The van der Waals surface area contributed by atoms with Crippen LogP contribution in [0.5, 0.6) is 0 Å². The van der Waals surface area contributed by atoms with E-state index in [1.807, 2.05) is 0 Å². The Bertz CT molecular complexity index is 643. The number of aromatic nitrogens is 1. The van der Waals surface area contributed by atoms with Gasteiger partial charge in [-0.25, -0.2) is 9.37 Å². The van der Waals surface area contributed by atoms with E-state index in [1.54, 1.807) is 0 Å². The smallest absolute Gasteiger partial charge is 0.396 e. The summed E-state index contributed by atoms with van der Waals surface area (Å²) in [5, 5.41) is 2.65. The van der Waals surface area contributed by atoms with Gasteiger partial charge in [-0.3, -0.25) is 0 Å². The molecule has 0 unspecified atom stereocenters. The molecule has 20 heavy (non-hydrogen) atoms. The van der Waals surface area contributed by atoms with Gasteiger partial charge in [-0.15, -0.1) is 0 Å². The molecule has 1 aromatic heterocycles. The topological polar surface area (TPSA) is 50.9 Å². The average molecular weight is 306 g/mol. The number of benzene rings is 1. The molecule has 106 valence electrons. The van der Waals surface area contributed by atoms with Crippen LogP contribution >= 0.6 is 11.6 Å². The van der Waals surface area contributed by atoms with Crippen LogP contribution in [0.4, 0.5) is 34.6 Å². The molecule has 2 aromatic rings. The van der Waals surface area contributed by atoms with Crippen LogP contribution < -0.4 is 11.1 Å². The van der Waals surface area contributed by atoms with Crippen molar-refractivity contribution in [2.45, 2.75) is 6.18 Å². The molecule has 0 aliphatic rings. The lowest BCUT2D eigenvalue weighted by Crippen LogP contribution is -2.09. The number of pyridine rings is 1. The monoisotopic (exact) mass is 305 g/mol. The van der Waals surface area contributed by atoms with Crippen LogP contribution in [0.2, 0.25) is 5.02 Å². The largest absolute Gasteiger partial charge is 0.433 e. The van der Waals surface area contributed by atoms with Gasteiger partial charge in [-0.1, -0.05) is 11.6 Å². The molecule has 3 N–H and O–H groups in total. The fraction of sp³-hybridized carbons (Fsp3) is 0.0833. The fourth-order valence-electron chi connectivity index (χ4n) is 1.47. The quantitative estimate of drug-likeness (QED) is 0.817. The second-order valence-corrected chi connectivity index (χ2v) is 4.34. The van der Waals surface area contributed by atoms with E-state index in [9.17, 15) is 17.6 Å². The summed E-state index contributed by atoms with van der Waals surface area (Å²) in [5.41, 5.74) is 4.23. The normalized spacial score (nSPS) is 11.4. The highest BCUT2D eigenvalue weighted by Crippen LogP contribution is 2.33. The van der Waals surface area contributed by atoms with E-state index in [1.165, 1.54) is 12.1 Å². The number of rotatable bonds is 2. The SMILES string of the molecule is Nc1cnc(C(F)(F)F)cc1Nc1ccc(Cl)cc1F. The van der Waals surface area contributed by atoms with Gasteiger partial charge in [0.1, 0.15) is 11.5 Å². The second-order valence-electron chi connectivity index (χ2n) is 3.90. The average Bonchev–Trinajstić information content (AvgIpc) is 2.33. The standard InChI is InChI=1S/C12H8ClF4N3/c13-6-1-2-9(7(14)3-6)20-10-4-11(12(15,16)17)19-5-8(10)18/h1-5H,18H2,(H,19,20). The van der Waals surface area contributed by atoms with Crippen molar-refractivity contribution in [2.75, 3.05) is 11.1 Å². The molecular formula is C12H8ClF4N3. The maximum absolute atomic E-state index is 13.6. The zero-order valence-electron chi connectivity index (χ0n) is 9.80. The highest BCUT2D eigenvalue weighted by atomic mass is 35.5. The van der Waals surface area contributed by atoms with Crippen LogP contribution in [0, 0.1) is 5.82 Å².